The lowest BCUT2D eigenvalue weighted by Crippen LogP contribution is -2.16. The molecule has 0 atom stereocenters. The molecule has 0 aliphatic heterocycles. The molecule has 0 amide bonds. The van der Waals surface area contributed by atoms with Crippen LogP contribution in [0.3, 0.4) is 0 Å². The van der Waals surface area contributed by atoms with Gasteiger partial charge in [0, 0.05) is 5.57 Å². The maximum absolute atomic E-state index is 11.5. The Bertz CT molecular complexity index is 448. The smallest absolute Gasteiger partial charge is 0.334 e. The molecule has 0 heterocycles. The fourth-order valence-corrected chi connectivity index (χ4v) is 1.33. The Kier molecular flexibility index (Phi) is 5.79. The van der Waals surface area contributed by atoms with Crippen LogP contribution < -0.4 is 0 Å². The Morgan fingerprint density at radius 2 is 1.84 bits per heavy atom. The average Bonchev–Trinajstić information content (AvgIpc) is 2.36. The first-order valence-corrected chi connectivity index (χ1v) is 6.07. The van der Waals surface area contributed by atoms with Crippen molar-refractivity contribution in [2.45, 2.75) is 33.0 Å². The third kappa shape index (κ3) is 5.86. The van der Waals surface area contributed by atoms with Crippen molar-refractivity contribution in [2.24, 2.45) is 0 Å². The predicted octanol–water partition coefficient (Wildman–Crippen LogP) is 2.63. The molecular weight excluding hydrogens is 244 g/mol. The van der Waals surface area contributed by atoms with Crippen LogP contribution in [0.5, 0.6) is 0 Å². The van der Waals surface area contributed by atoms with E-state index in [4.69, 9.17) is 9.47 Å². The van der Waals surface area contributed by atoms with Crippen LogP contribution in [-0.4, -0.2) is 18.0 Å². The summed E-state index contributed by atoms with van der Waals surface area (Å²) in [5, 5.41) is 0. The number of carbonyl (C=O) groups excluding carboxylic acids is 2. The van der Waals surface area contributed by atoms with Gasteiger partial charge < -0.3 is 9.47 Å². The van der Waals surface area contributed by atoms with E-state index in [1.807, 2.05) is 30.3 Å². The average molecular weight is 262 g/mol. The van der Waals surface area contributed by atoms with Crippen molar-refractivity contribution >= 4 is 11.9 Å². The summed E-state index contributed by atoms with van der Waals surface area (Å²) >= 11 is 0. The second-order valence-corrected chi connectivity index (χ2v) is 4.38. The topological polar surface area (TPSA) is 52.6 Å². The molecular formula is C15H18O4. The Morgan fingerprint density at radius 3 is 2.42 bits per heavy atom. The number of carbonyl (C=O) groups is 2. The number of rotatable bonds is 6. The Balaban J connectivity index is 2.35. The first-order valence-electron chi connectivity index (χ1n) is 6.07. The number of benzene rings is 1. The van der Waals surface area contributed by atoms with Crippen molar-refractivity contribution in [3.63, 3.8) is 0 Å². The summed E-state index contributed by atoms with van der Waals surface area (Å²) in [5.41, 5.74) is 0.998. The maximum Gasteiger partial charge on any atom is 0.334 e. The largest absolute Gasteiger partial charge is 0.461 e. The summed E-state index contributed by atoms with van der Waals surface area (Å²) in [5.74, 6) is -1.05. The molecule has 1 aromatic rings. The van der Waals surface area contributed by atoms with Crippen molar-refractivity contribution in [3.05, 3.63) is 48.0 Å². The van der Waals surface area contributed by atoms with Gasteiger partial charge in [-0.05, 0) is 19.4 Å². The number of hydrogen-bond donors (Lipinski definition) is 0. The quantitative estimate of drug-likeness (QED) is 0.584. The molecule has 102 valence electrons. The zero-order valence-corrected chi connectivity index (χ0v) is 11.2. The summed E-state index contributed by atoms with van der Waals surface area (Å²) < 4.78 is 9.98. The standard InChI is InChI=1S/C15H18O4/c1-11(2)19-15(17)12(3)9-14(16)18-10-13-7-5-4-6-8-13/h4-8,11H,3,9-10H2,1-2H3. The van der Waals surface area contributed by atoms with Crippen LogP contribution in [0.1, 0.15) is 25.8 Å². The summed E-state index contributed by atoms with van der Waals surface area (Å²) in [4.78, 5) is 23.0. The molecule has 4 heteroatoms. The van der Waals surface area contributed by atoms with E-state index >= 15 is 0 Å². The van der Waals surface area contributed by atoms with Gasteiger partial charge in [0.25, 0.3) is 0 Å². The van der Waals surface area contributed by atoms with Crippen LogP contribution >= 0.6 is 0 Å². The summed E-state index contributed by atoms with van der Waals surface area (Å²) in [6.07, 6.45) is -0.386. The normalized spacial score (nSPS) is 10.1. The Hall–Kier alpha value is -2.10. The highest BCUT2D eigenvalue weighted by Gasteiger charge is 2.15. The van der Waals surface area contributed by atoms with Gasteiger partial charge in [-0.3, -0.25) is 4.79 Å². The molecule has 0 aliphatic rings. The second-order valence-electron chi connectivity index (χ2n) is 4.38. The molecule has 19 heavy (non-hydrogen) atoms. The van der Waals surface area contributed by atoms with Crippen LogP contribution in [-0.2, 0) is 25.7 Å². The lowest BCUT2D eigenvalue weighted by molar-refractivity contribution is -0.148. The van der Waals surface area contributed by atoms with E-state index in [0.717, 1.165) is 5.56 Å². The monoisotopic (exact) mass is 262 g/mol. The van der Waals surface area contributed by atoms with Crippen LogP contribution in [0.4, 0.5) is 0 Å². The zero-order valence-electron chi connectivity index (χ0n) is 11.2. The van der Waals surface area contributed by atoms with E-state index in [1.54, 1.807) is 13.8 Å². The Labute approximate surface area is 113 Å². The lowest BCUT2D eigenvalue weighted by atomic mass is 10.2. The lowest BCUT2D eigenvalue weighted by Gasteiger charge is -2.09. The summed E-state index contributed by atoms with van der Waals surface area (Å²) in [6, 6.07) is 9.32. The Morgan fingerprint density at radius 1 is 1.21 bits per heavy atom. The van der Waals surface area contributed by atoms with Gasteiger partial charge in [-0.2, -0.15) is 0 Å². The van der Waals surface area contributed by atoms with E-state index in [2.05, 4.69) is 6.58 Å². The van der Waals surface area contributed by atoms with Crippen LogP contribution in [0, 0.1) is 0 Å². The minimum absolute atomic E-state index is 0.103. The van der Waals surface area contributed by atoms with Gasteiger partial charge in [-0.15, -0.1) is 0 Å². The molecule has 4 nitrogen and oxygen atoms in total. The van der Waals surface area contributed by atoms with Crippen LogP contribution in [0.2, 0.25) is 0 Å². The SMILES string of the molecule is C=C(CC(=O)OCc1ccccc1)C(=O)OC(C)C. The minimum Gasteiger partial charge on any atom is -0.461 e. The van der Waals surface area contributed by atoms with E-state index in [0.29, 0.717) is 0 Å². The minimum atomic E-state index is -0.563. The summed E-state index contributed by atoms with van der Waals surface area (Å²) in [6.45, 7) is 7.18. The first kappa shape index (κ1) is 15.0. The van der Waals surface area contributed by atoms with Crippen LogP contribution in [0.25, 0.3) is 0 Å². The van der Waals surface area contributed by atoms with Crippen molar-refractivity contribution in [1.82, 2.24) is 0 Å². The molecule has 0 radical (unpaired) electrons. The molecule has 0 saturated heterocycles. The van der Waals surface area contributed by atoms with Crippen molar-refractivity contribution in [1.29, 1.82) is 0 Å². The van der Waals surface area contributed by atoms with Gasteiger partial charge in [0.1, 0.15) is 6.61 Å². The third-order valence-electron chi connectivity index (χ3n) is 2.23. The fourth-order valence-electron chi connectivity index (χ4n) is 1.33. The highest BCUT2D eigenvalue weighted by atomic mass is 16.5. The van der Waals surface area contributed by atoms with Gasteiger partial charge >= 0.3 is 11.9 Å². The molecule has 0 unspecified atom stereocenters. The van der Waals surface area contributed by atoms with E-state index in [-0.39, 0.29) is 24.7 Å². The van der Waals surface area contributed by atoms with Gasteiger partial charge in [0.05, 0.1) is 12.5 Å². The zero-order chi connectivity index (χ0) is 14.3. The number of hydrogen-bond acceptors (Lipinski definition) is 4. The highest BCUT2D eigenvalue weighted by molar-refractivity contribution is 5.93. The molecule has 0 bridgehead atoms. The van der Waals surface area contributed by atoms with Crippen molar-refractivity contribution < 1.29 is 19.1 Å². The van der Waals surface area contributed by atoms with Crippen LogP contribution in [0.15, 0.2) is 42.5 Å². The number of ether oxygens (including phenoxy) is 2. The van der Waals surface area contributed by atoms with Gasteiger partial charge in [-0.1, -0.05) is 36.9 Å². The molecule has 0 N–H and O–H groups in total. The van der Waals surface area contributed by atoms with E-state index in [1.165, 1.54) is 0 Å². The van der Waals surface area contributed by atoms with Crippen molar-refractivity contribution in [3.8, 4) is 0 Å². The van der Waals surface area contributed by atoms with Gasteiger partial charge in [0.15, 0.2) is 0 Å². The van der Waals surface area contributed by atoms with Gasteiger partial charge in [0.2, 0.25) is 0 Å². The first-order chi connectivity index (χ1) is 8.99. The molecule has 0 aromatic heterocycles. The van der Waals surface area contributed by atoms with Gasteiger partial charge in [-0.25, -0.2) is 4.79 Å². The third-order valence-corrected chi connectivity index (χ3v) is 2.23. The fraction of sp³-hybridized carbons (Fsp3) is 0.333. The molecule has 0 saturated carbocycles. The van der Waals surface area contributed by atoms with E-state index < -0.39 is 11.9 Å². The maximum atomic E-state index is 11.5. The molecule has 0 spiro atoms. The van der Waals surface area contributed by atoms with E-state index in [9.17, 15) is 9.59 Å². The second kappa shape index (κ2) is 7.36. The predicted molar refractivity (Wildman–Crippen MR) is 71.2 cm³/mol. The summed E-state index contributed by atoms with van der Waals surface area (Å²) in [7, 11) is 0. The molecule has 1 aromatic carbocycles. The molecule has 0 aliphatic carbocycles. The highest BCUT2D eigenvalue weighted by Crippen LogP contribution is 2.07. The number of esters is 2. The molecule has 1 rings (SSSR count). The molecule has 0 fully saturated rings. The van der Waals surface area contributed by atoms with Crippen molar-refractivity contribution in [2.75, 3.05) is 0 Å².